The summed E-state index contributed by atoms with van der Waals surface area (Å²) >= 11 is 0. The van der Waals surface area contributed by atoms with Crippen LogP contribution in [0.1, 0.15) is 36.4 Å². The number of hydrogen-bond donors (Lipinski definition) is 2. The molecule has 0 saturated carbocycles. The fraction of sp³-hybridized carbons (Fsp3) is 0.424. The number of anilines is 4. The molecule has 0 aliphatic carbocycles. The Bertz CT molecular complexity index is 1640. The van der Waals surface area contributed by atoms with Crippen molar-refractivity contribution in [2.24, 2.45) is 0 Å². The van der Waals surface area contributed by atoms with E-state index in [1.165, 1.54) is 25.9 Å². The number of rotatable bonds is 7. The summed E-state index contributed by atoms with van der Waals surface area (Å²) < 4.78 is 5.85. The molecule has 2 aromatic carbocycles. The number of nitriles is 1. The third-order valence-corrected chi connectivity index (χ3v) is 9.25. The van der Waals surface area contributed by atoms with E-state index in [2.05, 4.69) is 62.4 Å². The van der Waals surface area contributed by atoms with Crippen LogP contribution < -0.4 is 20.0 Å². The van der Waals surface area contributed by atoms with Gasteiger partial charge in [-0.3, -0.25) is 9.74 Å². The molecule has 0 bridgehead atoms. The summed E-state index contributed by atoms with van der Waals surface area (Å²) in [5.74, 6) is 1.67. The number of fused-ring (bicyclic) bond motifs is 1. The van der Waals surface area contributed by atoms with Crippen LogP contribution in [-0.2, 0) is 4.84 Å². The molecule has 11 heteroatoms. The minimum absolute atomic E-state index is 0.0298. The average molecular weight is 594 g/mol. The molecule has 4 aromatic rings. The van der Waals surface area contributed by atoms with E-state index in [1.54, 1.807) is 13.3 Å². The lowest BCUT2D eigenvalue weighted by molar-refractivity contribution is 0.0982. The standard InChI is InChI=1S/C33H39N9O2/c1-39-15-17-41(18-16-39)25-10-13-40(14-11-25)26-8-9-27(29(20-26)43-2)36-33-37-31-30(24(21-34)22-35-31)32(38-33)42-28(12-19-44-42)23-6-4-3-5-7-23/h3-9,20,22,25,28H,10-19H2,1-2H3,(H2,35,36,37,38)/t28-/m0/s1. The molecule has 11 nitrogen and oxygen atoms in total. The van der Waals surface area contributed by atoms with Gasteiger partial charge in [-0.25, -0.2) is 5.06 Å². The van der Waals surface area contributed by atoms with Crippen molar-refractivity contribution in [2.45, 2.75) is 31.3 Å². The third kappa shape index (κ3) is 5.52. The lowest BCUT2D eigenvalue weighted by atomic mass is 10.0. The van der Waals surface area contributed by atoms with Gasteiger partial charge < -0.3 is 24.8 Å². The number of benzene rings is 2. The molecule has 5 heterocycles. The van der Waals surface area contributed by atoms with E-state index in [0.717, 1.165) is 55.3 Å². The molecule has 3 saturated heterocycles. The maximum absolute atomic E-state index is 9.85. The molecule has 228 valence electrons. The fourth-order valence-electron chi connectivity index (χ4n) is 6.75. The van der Waals surface area contributed by atoms with Crippen LogP contribution in [0, 0.1) is 11.3 Å². The number of H-pyrrole nitrogens is 1. The van der Waals surface area contributed by atoms with Crippen molar-refractivity contribution in [3.8, 4) is 11.8 Å². The van der Waals surface area contributed by atoms with Gasteiger partial charge in [-0.05, 0) is 37.6 Å². The monoisotopic (exact) mass is 593 g/mol. The Morgan fingerprint density at radius 3 is 2.55 bits per heavy atom. The second-order valence-corrected chi connectivity index (χ2v) is 11.8. The van der Waals surface area contributed by atoms with Gasteiger partial charge in [-0.15, -0.1) is 0 Å². The number of nitrogens with one attached hydrogen (secondary N) is 2. The van der Waals surface area contributed by atoms with Crippen LogP contribution in [0.3, 0.4) is 0 Å². The molecule has 3 aliphatic rings. The normalized spacial score (nSPS) is 20.2. The van der Waals surface area contributed by atoms with Gasteiger partial charge in [0.05, 0.1) is 36.4 Å². The van der Waals surface area contributed by atoms with E-state index in [4.69, 9.17) is 19.5 Å². The first-order valence-electron chi connectivity index (χ1n) is 15.5. The molecule has 1 atom stereocenters. The first-order chi connectivity index (χ1) is 21.6. The minimum Gasteiger partial charge on any atom is -0.494 e. The van der Waals surface area contributed by atoms with E-state index < -0.39 is 0 Å². The molecule has 0 unspecified atom stereocenters. The van der Waals surface area contributed by atoms with Gasteiger partial charge in [-0.2, -0.15) is 15.2 Å². The molecule has 7 rings (SSSR count). The number of ether oxygens (including phenoxy) is 1. The van der Waals surface area contributed by atoms with Gasteiger partial charge in [0.1, 0.15) is 17.5 Å². The van der Waals surface area contributed by atoms with Crippen molar-refractivity contribution in [1.82, 2.24) is 24.8 Å². The van der Waals surface area contributed by atoms with Crippen LogP contribution >= 0.6 is 0 Å². The van der Waals surface area contributed by atoms with Crippen LogP contribution in [-0.4, -0.2) is 90.8 Å². The SMILES string of the molecule is COc1cc(N2CCC(N3CCN(C)CC3)CC2)ccc1Nc1nc(N2OCC[C@H]2c2ccccc2)c2c(C#N)c[nH]c2n1. The van der Waals surface area contributed by atoms with E-state index >= 15 is 0 Å². The number of likely N-dealkylation sites (N-methyl/N-ethyl adjacent to an activating group) is 1. The smallest absolute Gasteiger partial charge is 0.231 e. The third-order valence-electron chi connectivity index (χ3n) is 9.25. The highest BCUT2D eigenvalue weighted by molar-refractivity contribution is 5.94. The molecule has 2 N–H and O–H groups in total. The largest absolute Gasteiger partial charge is 0.494 e. The summed E-state index contributed by atoms with van der Waals surface area (Å²) in [6.07, 6.45) is 4.83. The van der Waals surface area contributed by atoms with E-state index in [1.807, 2.05) is 29.3 Å². The van der Waals surface area contributed by atoms with Gasteiger partial charge >= 0.3 is 0 Å². The summed E-state index contributed by atoms with van der Waals surface area (Å²) in [6, 6.07) is 19.4. The fourth-order valence-corrected chi connectivity index (χ4v) is 6.75. The Balaban J connectivity index is 1.12. The topological polar surface area (TPSA) is 109 Å². The highest BCUT2D eigenvalue weighted by Crippen LogP contribution is 2.40. The molecule has 44 heavy (non-hydrogen) atoms. The van der Waals surface area contributed by atoms with Crippen LogP contribution in [0.15, 0.2) is 54.7 Å². The van der Waals surface area contributed by atoms with Crippen molar-refractivity contribution in [3.63, 3.8) is 0 Å². The van der Waals surface area contributed by atoms with Crippen molar-refractivity contribution >= 4 is 34.2 Å². The summed E-state index contributed by atoms with van der Waals surface area (Å²) in [7, 11) is 3.90. The second kappa shape index (κ2) is 12.3. The highest BCUT2D eigenvalue weighted by atomic mass is 16.7. The number of nitrogens with zero attached hydrogens (tertiary/aromatic N) is 7. The van der Waals surface area contributed by atoms with Crippen LogP contribution in [0.4, 0.5) is 23.1 Å². The average Bonchev–Trinajstić information content (AvgIpc) is 3.73. The van der Waals surface area contributed by atoms with Crippen molar-refractivity contribution in [3.05, 3.63) is 65.9 Å². The quantitative estimate of drug-likeness (QED) is 0.314. The number of hydrogen-bond acceptors (Lipinski definition) is 10. The summed E-state index contributed by atoms with van der Waals surface area (Å²) in [5, 5.41) is 15.7. The molecular weight excluding hydrogens is 554 g/mol. The summed E-state index contributed by atoms with van der Waals surface area (Å²) in [5.41, 5.74) is 4.09. The number of methoxy groups -OCH3 is 1. The maximum Gasteiger partial charge on any atom is 0.231 e. The molecular formula is C33H39N9O2. The predicted octanol–water partition coefficient (Wildman–Crippen LogP) is 4.68. The van der Waals surface area contributed by atoms with E-state index in [9.17, 15) is 5.26 Å². The first kappa shape index (κ1) is 28.4. The van der Waals surface area contributed by atoms with Gasteiger partial charge in [-0.1, -0.05) is 30.3 Å². The van der Waals surface area contributed by atoms with Gasteiger partial charge in [0.15, 0.2) is 5.82 Å². The zero-order valence-electron chi connectivity index (χ0n) is 25.4. The molecule has 0 amide bonds. The Morgan fingerprint density at radius 1 is 1.00 bits per heavy atom. The van der Waals surface area contributed by atoms with E-state index in [-0.39, 0.29) is 6.04 Å². The Labute approximate surface area is 257 Å². The van der Waals surface area contributed by atoms with Crippen LogP contribution in [0.2, 0.25) is 0 Å². The van der Waals surface area contributed by atoms with Gasteiger partial charge in [0.25, 0.3) is 0 Å². The zero-order valence-corrected chi connectivity index (χ0v) is 25.4. The predicted molar refractivity (Wildman–Crippen MR) is 171 cm³/mol. The minimum atomic E-state index is -0.0298. The maximum atomic E-state index is 9.85. The van der Waals surface area contributed by atoms with Crippen LogP contribution in [0.5, 0.6) is 5.75 Å². The lowest BCUT2D eigenvalue weighted by Gasteiger charge is -2.42. The number of hydroxylamine groups is 1. The summed E-state index contributed by atoms with van der Waals surface area (Å²) in [6.45, 7) is 7.27. The van der Waals surface area contributed by atoms with Gasteiger partial charge in [0, 0.05) is 69.7 Å². The second-order valence-electron chi connectivity index (χ2n) is 11.8. The Morgan fingerprint density at radius 2 is 1.80 bits per heavy atom. The number of piperidine rings is 1. The zero-order chi connectivity index (χ0) is 30.0. The Kier molecular flexibility index (Phi) is 7.95. The van der Waals surface area contributed by atoms with Gasteiger partial charge in [0.2, 0.25) is 5.95 Å². The summed E-state index contributed by atoms with van der Waals surface area (Å²) in [4.78, 5) is 26.5. The number of aromatic nitrogens is 3. The Hall–Kier alpha value is -4.37. The number of aromatic amines is 1. The van der Waals surface area contributed by atoms with Crippen LogP contribution in [0.25, 0.3) is 11.0 Å². The molecule has 3 fully saturated rings. The first-order valence-corrected chi connectivity index (χ1v) is 15.5. The van der Waals surface area contributed by atoms with Crippen molar-refractivity contribution < 1.29 is 9.57 Å². The number of piperazine rings is 1. The van der Waals surface area contributed by atoms with E-state index in [0.29, 0.717) is 41.0 Å². The molecule has 0 spiro atoms. The lowest BCUT2D eigenvalue weighted by Crippen LogP contribution is -2.52. The molecule has 2 aromatic heterocycles. The van der Waals surface area contributed by atoms with Crippen molar-refractivity contribution in [1.29, 1.82) is 5.26 Å². The highest BCUT2D eigenvalue weighted by Gasteiger charge is 2.32. The van der Waals surface area contributed by atoms with Crippen molar-refractivity contribution in [2.75, 3.05) is 75.3 Å². The molecule has 0 radical (unpaired) electrons. The molecule has 3 aliphatic heterocycles.